The highest BCUT2D eigenvalue weighted by Gasteiger charge is 2.27. The van der Waals surface area contributed by atoms with Crippen LogP contribution in [0.25, 0.3) is 0 Å². The van der Waals surface area contributed by atoms with Gasteiger partial charge >= 0.3 is 0 Å². The number of hydrogen-bond donors (Lipinski definition) is 4. The van der Waals surface area contributed by atoms with Gasteiger partial charge in [-0.15, -0.1) is 0 Å². The summed E-state index contributed by atoms with van der Waals surface area (Å²) in [6.07, 6.45) is 6.31. The molecule has 1 fully saturated rings. The maximum Gasteiger partial charge on any atom is 0.259 e. The molecule has 31 heavy (non-hydrogen) atoms. The van der Waals surface area contributed by atoms with Gasteiger partial charge in [0, 0.05) is 30.5 Å². The van der Waals surface area contributed by atoms with Crippen LogP contribution in [0, 0.1) is 12.8 Å². The number of likely N-dealkylation sites (tertiary alicyclic amines) is 1. The van der Waals surface area contributed by atoms with Crippen molar-refractivity contribution in [2.24, 2.45) is 11.7 Å². The molecule has 0 bridgehead atoms. The third-order valence-corrected chi connectivity index (χ3v) is 5.74. The average Bonchev–Trinajstić information content (AvgIpc) is 2.73. The van der Waals surface area contributed by atoms with Crippen LogP contribution in [0.2, 0.25) is 5.28 Å². The van der Waals surface area contributed by atoms with Crippen molar-refractivity contribution in [2.75, 3.05) is 25.4 Å². The SMILES string of the molecule is CC[NH+]=CC(=CN)C(=O)N[C@@H](C)C(=O)N1CCC(CCc2c(C)nc(Cl)nc2N)CC1. The van der Waals surface area contributed by atoms with Gasteiger partial charge in [0.1, 0.15) is 24.0 Å². The molecule has 1 saturated heterocycles. The third kappa shape index (κ3) is 6.92. The number of hydrogen-bond acceptors (Lipinski definition) is 6. The Bertz CT molecular complexity index is 825. The van der Waals surface area contributed by atoms with Gasteiger partial charge in [-0.05, 0) is 64.0 Å². The molecule has 0 saturated carbocycles. The van der Waals surface area contributed by atoms with Gasteiger partial charge in [0.25, 0.3) is 5.91 Å². The molecule has 0 unspecified atom stereocenters. The Balaban J connectivity index is 1.83. The Morgan fingerprint density at radius 3 is 2.61 bits per heavy atom. The smallest absolute Gasteiger partial charge is 0.259 e. The summed E-state index contributed by atoms with van der Waals surface area (Å²) in [5.74, 6) is 0.465. The number of nitrogens with one attached hydrogen (secondary N) is 2. The minimum Gasteiger partial charge on any atom is -0.404 e. The highest BCUT2D eigenvalue weighted by Crippen LogP contribution is 2.25. The first-order valence-electron chi connectivity index (χ1n) is 10.6. The minimum absolute atomic E-state index is 0.0854. The first-order chi connectivity index (χ1) is 14.8. The molecule has 1 aliphatic rings. The van der Waals surface area contributed by atoms with Crippen LogP contribution < -0.4 is 21.8 Å². The molecule has 2 rings (SSSR count). The monoisotopic (exact) mass is 450 g/mol. The lowest BCUT2D eigenvalue weighted by Gasteiger charge is -2.33. The minimum atomic E-state index is -0.623. The molecule has 1 aliphatic heterocycles. The Labute approximate surface area is 188 Å². The summed E-state index contributed by atoms with van der Waals surface area (Å²) in [6.45, 7) is 7.50. The molecule has 9 nitrogen and oxygen atoms in total. The average molecular weight is 451 g/mol. The summed E-state index contributed by atoms with van der Waals surface area (Å²) in [7, 11) is 0. The number of carbonyl (C=O) groups is 2. The first-order valence-corrected chi connectivity index (χ1v) is 11.0. The van der Waals surface area contributed by atoms with Gasteiger partial charge in [0.15, 0.2) is 6.21 Å². The molecule has 2 heterocycles. The number of piperidine rings is 1. The van der Waals surface area contributed by atoms with Crippen molar-refractivity contribution >= 4 is 35.4 Å². The van der Waals surface area contributed by atoms with E-state index < -0.39 is 6.04 Å². The van der Waals surface area contributed by atoms with E-state index in [1.807, 2.05) is 18.7 Å². The van der Waals surface area contributed by atoms with E-state index in [9.17, 15) is 9.59 Å². The number of carbonyl (C=O) groups excluding carboxylic acids is 2. The van der Waals surface area contributed by atoms with Gasteiger partial charge in [-0.25, -0.2) is 15.0 Å². The lowest BCUT2D eigenvalue weighted by Crippen LogP contribution is -2.68. The fourth-order valence-corrected chi connectivity index (χ4v) is 3.92. The number of nitrogens with zero attached hydrogens (tertiary/aromatic N) is 3. The first kappa shape index (κ1) is 24.6. The molecular formula is C21H33ClN7O2+. The van der Waals surface area contributed by atoms with Crippen LogP contribution in [-0.2, 0) is 16.0 Å². The fourth-order valence-electron chi connectivity index (χ4n) is 3.70. The number of anilines is 1. The molecule has 2 amide bonds. The molecule has 0 spiro atoms. The summed E-state index contributed by atoms with van der Waals surface area (Å²) in [5, 5.41) is 2.89. The van der Waals surface area contributed by atoms with Gasteiger partial charge in [0.05, 0.1) is 0 Å². The number of nitrogens with two attached hydrogens (primary N) is 2. The Kier molecular flexibility index (Phi) is 9.23. The molecule has 170 valence electrons. The lowest BCUT2D eigenvalue weighted by atomic mass is 9.90. The zero-order valence-corrected chi connectivity index (χ0v) is 19.2. The molecule has 6 N–H and O–H groups in total. The van der Waals surface area contributed by atoms with E-state index in [2.05, 4.69) is 20.3 Å². The molecule has 10 heteroatoms. The van der Waals surface area contributed by atoms with E-state index in [0.29, 0.717) is 36.9 Å². The van der Waals surface area contributed by atoms with Crippen molar-refractivity contribution in [3.63, 3.8) is 0 Å². The quantitative estimate of drug-likeness (QED) is 0.243. The maximum atomic E-state index is 12.8. The molecule has 0 radical (unpaired) electrons. The van der Waals surface area contributed by atoms with Crippen LogP contribution in [0.15, 0.2) is 11.8 Å². The highest BCUT2D eigenvalue weighted by atomic mass is 35.5. The number of amides is 2. The molecule has 0 aromatic carbocycles. The van der Waals surface area contributed by atoms with Gasteiger partial charge < -0.3 is 21.7 Å². The second kappa shape index (κ2) is 11.6. The highest BCUT2D eigenvalue weighted by molar-refractivity contribution is 6.28. The van der Waals surface area contributed by atoms with Gasteiger partial charge in [0.2, 0.25) is 11.2 Å². The zero-order valence-electron chi connectivity index (χ0n) is 18.4. The summed E-state index contributed by atoms with van der Waals surface area (Å²) in [5.41, 5.74) is 13.5. The van der Waals surface area contributed by atoms with Crippen LogP contribution in [0.3, 0.4) is 0 Å². The normalized spacial score (nSPS) is 16.5. The second-order valence-corrected chi connectivity index (χ2v) is 8.11. The van der Waals surface area contributed by atoms with Crippen molar-refractivity contribution in [2.45, 2.75) is 52.5 Å². The molecular weight excluding hydrogens is 418 g/mol. The van der Waals surface area contributed by atoms with Gasteiger partial charge in [-0.3, -0.25) is 9.59 Å². The van der Waals surface area contributed by atoms with E-state index >= 15 is 0 Å². The fraction of sp³-hybridized carbons (Fsp3) is 0.571. The van der Waals surface area contributed by atoms with Crippen LogP contribution in [0.5, 0.6) is 0 Å². The predicted molar refractivity (Wildman–Crippen MR) is 121 cm³/mol. The van der Waals surface area contributed by atoms with Gasteiger partial charge in [-0.1, -0.05) is 0 Å². The summed E-state index contributed by atoms with van der Waals surface area (Å²) in [4.78, 5) is 38.0. The Hall–Kier alpha value is -2.68. The van der Waals surface area contributed by atoms with E-state index in [1.54, 1.807) is 6.92 Å². The number of rotatable bonds is 8. The molecule has 1 aromatic heterocycles. The van der Waals surface area contributed by atoms with E-state index in [-0.39, 0.29) is 17.1 Å². The summed E-state index contributed by atoms with van der Waals surface area (Å²) >= 11 is 5.84. The van der Waals surface area contributed by atoms with E-state index in [1.165, 1.54) is 12.4 Å². The van der Waals surface area contributed by atoms with Gasteiger partial charge in [-0.2, -0.15) is 0 Å². The molecule has 0 aliphatic carbocycles. The standard InChI is InChI=1S/C21H32ClN7O2/c1-4-25-12-16(11-23)19(30)26-14(3)20(31)29-9-7-15(8-10-29)5-6-17-13(2)27-21(22)28-18(17)24/h11-12,14-15H,4-10,23H2,1-3H3,(H,26,30)(H2,24,27,28)/p+1/t14-/m0/s1. The van der Waals surface area contributed by atoms with Crippen molar-refractivity contribution in [3.05, 3.63) is 28.3 Å². The second-order valence-electron chi connectivity index (χ2n) is 7.77. The third-order valence-electron chi connectivity index (χ3n) is 5.57. The topological polar surface area (TPSA) is 141 Å². The number of aromatic nitrogens is 2. The van der Waals surface area contributed by atoms with Crippen molar-refractivity contribution in [3.8, 4) is 0 Å². The van der Waals surface area contributed by atoms with Crippen LogP contribution >= 0.6 is 11.6 Å². The van der Waals surface area contributed by atoms with Crippen LogP contribution in [0.1, 0.15) is 44.4 Å². The van der Waals surface area contributed by atoms with Crippen molar-refractivity contribution in [1.29, 1.82) is 0 Å². The lowest BCUT2D eigenvalue weighted by molar-refractivity contribution is -0.446. The largest absolute Gasteiger partial charge is 0.404 e. The molecule has 1 atom stereocenters. The van der Waals surface area contributed by atoms with E-state index in [0.717, 1.165) is 36.9 Å². The Morgan fingerprint density at radius 1 is 1.35 bits per heavy atom. The molecule has 1 aromatic rings. The van der Waals surface area contributed by atoms with Crippen molar-refractivity contribution in [1.82, 2.24) is 20.2 Å². The summed E-state index contributed by atoms with van der Waals surface area (Å²) < 4.78 is 0. The van der Waals surface area contributed by atoms with Crippen LogP contribution in [0.4, 0.5) is 5.82 Å². The zero-order chi connectivity index (χ0) is 23.0. The summed E-state index contributed by atoms with van der Waals surface area (Å²) in [6, 6.07) is -0.623. The predicted octanol–water partition coefficient (Wildman–Crippen LogP) is -0.290. The maximum absolute atomic E-state index is 12.8. The number of aryl methyl sites for hydroxylation is 1. The Morgan fingerprint density at radius 2 is 2.03 bits per heavy atom. The number of nitrogen functional groups attached to an aromatic ring is 1. The van der Waals surface area contributed by atoms with E-state index in [4.69, 9.17) is 23.1 Å². The van der Waals surface area contributed by atoms with Crippen LogP contribution in [-0.4, -0.2) is 58.6 Å². The van der Waals surface area contributed by atoms with Crippen molar-refractivity contribution < 1.29 is 14.6 Å². The number of halogens is 1.